The molecule has 3 aliphatic rings. The molecule has 0 radical (unpaired) electrons. The van der Waals surface area contributed by atoms with Crippen LogP contribution in [0.25, 0.3) is 5.52 Å². The Labute approximate surface area is 186 Å². The van der Waals surface area contributed by atoms with Crippen LogP contribution >= 0.6 is 0 Å². The lowest BCUT2D eigenvalue weighted by molar-refractivity contribution is 0.134. The van der Waals surface area contributed by atoms with Crippen LogP contribution in [0.15, 0.2) is 36.5 Å². The molecule has 2 fully saturated rings. The van der Waals surface area contributed by atoms with Crippen molar-refractivity contribution < 1.29 is 4.39 Å². The third-order valence-corrected chi connectivity index (χ3v) is 7.32. The number of benzene rings is 1. The largest absolute Gasteiger partial charge is 0.370 e. The summed E-state index contributed by atoms with van der Waals surface area (Å²) in [7, 11) is 0. The molecular weight excluding hydrogens is 405 g/mol. The highest BCUT2D eigenvalue weighted by molar-refractivity contribution is 5.75. The summed E-state index contributed by atoms with van der Waals surface area (Å²) in [6.07, 6.45) is 2.23. The molecule has 1 aromatic carbocycles. The molecule has 3 atom stereocenters. The molecule has 6 rings (SSSR count). The minimum absolute atomic E-state index is 0.255. The van der Waals surface area contributed by atoms with Crippen molar-refractivity contribution in [1.82, 2.24) is 14.5 Å². The van der Waals surface area contributed by atoms with Gasteiger partial charge in [0.2, 0.25) is 0 Å². The van der Waals surface area contributed by atoms with Gasteiger partial charge in [-0.15, -0.1) is 0 Å². The number of aromatic nitrogens is 2. The maximum Gasteiger partial charge on any atom is 0.171 e. The summed E-state index contributed by atoms with van der Waals surface area (Å²) in [6.45, 7) is 6.68. The van der Waals surface area contributed by atoms with E-state index in [0.717, 1.165) is 44.8 Å². The fourth-order valence-electron chi connectivity index (χ4n) is 5.72. The first-order valence-electron chi connectivity index (χ1n) is 11.2. The van der Waals surface area contributed by atoms with Crippen molar-refractivity contribution in [3.05, 3.63) is 59.2 Å². The predicted octanol–water partition coefficient (Wildman–Crippen LogP) is 2.65. The molecule has 5 heterocycles. The molecule has 164 valence electrons. The van der Waals surface area contributed by atoms with Crippen LogP contribution in [0.1, 0.15) is 36.2 Å². The van der Waals surface area contributed by atoms with Gasteiger partial charge in [0.1, 0.15) is 17.3 Å². The number of hydrogen-bond acceptors (Lipinski definition) is 6. The normalized spacial score (nSPS) is 25.2. The van der Waals surface area contributed by atoms with Gasteiger partial charge in [0.25, 0.3) is 0 Å². The Morgan fingerprint density at radius 3 is 2.81 bits per heavy atom. The third kappa shape index (κ3) is 2.89. The first-order valence-corrected chi connectivity index (χ1v) is 11.2. The number of nitriles is 1. The first-order chi connectivity index (χ1) is 15.5. The summed E-state index contributed by atoms with van der Waals surface area (Å²) >= 11 is 0. The highest BCUT2D eigenvalue weighted by Gasteiger charge is 2.39. The van der Waals surface area contributed by atoms with Crippen LogP contribution in [0.5, 0.6) is 0 Å². The number of anilines is 2. The van der Waals surface area contributed by atoms with Gasteiger partial charge >= 0.3 is 0 Å². The summed E-state index contributed by atoms with van der Waals surface area (Å²) in [6, 6.07) is 13.3. The summed E-state index contributed by atoms with van der Waals surface area (Å²) < 4.78 is 16.1. The van der Waals surface area contributed by atoms with Crippen LogP contribution in [0.3, 0.4) is 0 Å². The molecular formula is C24H26FN7. The second-order valence-electron chi connectivity index (χ2n) is 9.29. The molecule has 3 aromatic rings. The van der Waals surface area contributed by atoms with E-state index in [9.17, 15) is 9.65 Å². The minimum atomic E-state index is -0.396. The number of piperazine rings is 1. The topological polar surface area (TPSA) is 76.8 Å². The molecule has 0 saturated carbocycles. The second kappa shape index (κ2) is 7.19. The molecule has 32 heavy (non-hydrogen) atoms. The molecule has 2 saturated heterocycles. The van der Waals surface area contributed by atoms with Gasteiger partial charge in [0, 0.05) is 50.5 Å². The molecule has 7 nitrogen and oxygen atoms in total. The number of halogens is 1. The SMILES string of the molecule is CC1CN(c2ccc(C#N)n3ncc(F)c23)CC2c3ccc(N4CCC(N)C4)cc3CN12. The molecule has 8 heteroatoms. The Morgan fingerprint density at radius 2 is 2.03 bits per heavy atom. The van der Waals surface area contributed by atoms with Gasteiger partial charge in [-0.3, -0.25) is 4.90 Å². The minimum Gasteiger partial charge on any atom is -0.370 e. The van der Waals surface area contributed by atoms with Gasteiger partial charge in [-0.1, -0.05) is 6.07 Å². The van der Waals surface area contributed by atoms with Crippen LogP contribution in [0.2, 0.25) is 0 Å². The van der Waals surface area contributed by atoms with Crippen LogP contribution in [-0.4, -0.2) is 52.8 Å². The number of nitrogens with zero attached hydrogens (tertiary/aromatic N) is 6. The molecule has 0 spiro atoms. The number of pyridine rings is 1. The van der Waals surface area contributed by atoms with Crippen molar-refractivity contribution in [2.75, 3.05) is 36.0 Å². The van der Waals surface area contributed by atoms with Gasteiger partial charge in [-0.2, -0.15) is 10.4 Å². The molecule has 0 amide bonds. The fourth-order valence-corrected chi connectivity index (χ4v) is 5.72. The number of nitrogens with two attached hydrogens (primary N) is 1. The zero-order valence-corrected chi connectivity index (χ0v) is 18.1. The smallest absolute Gasteiger partial charge is 0.171 e. The summed E-state index contributed by atoms with van der Waals surface area (Å²) in [5, 5.41) is 13.5. The van der Waals surface area contributed by atoms with Crippen molar-refractivity contribution in [3.63, 3.8) is 0 Å². The standard InChI is InChI=1S/C24H26FN7/c1-15-11-30(22-5-3-19(9-26)32-24(22)21(25)10-28-32)14-23-20-4-2-18(8-16(20)12-31(15)23)29-7-6-17(27)13-29/h2-5,8,10,15,17,23H,6-7,11-14,27H2,1H3. The molecule has 3 aliphatic heterocycles. The van der Waals surface area contributed by atoms with Crippen LogP contribution < -0.4 is 15.5 Å². The van der Waals surface area contributed by atoms with Crippen molar-refractivity contribution >= 4 is 16.9 Å². The van der Waals surface area contributed by atoms with E-state index in [2.05, 4.69) is 51.0 Å². The fraction of sp³-hybridized carbons (Fsp3) is 0.417. The van der Waals surface area contributed by atoms with Crippen molar-refractivity contribution in [2.45, 2.75) is 38.0 Å². The number of fused-ring (bicyclic) bond motifs is 4. The van der Waals surface area contributed by atoms with E-state index in [-0.39, 0.29) is 12.1 Å². The van der Waals surface area contributed by atoms with Gasteiger partial charge in [-0.25, -0.2) is 8.91 Å². The van der Waals surface area contributed by atoms with E-state index >= 15 is 0 Å². The molecule has 0 bridgehead atoms. The summed E-state index contributed by atoms with van der Waals surface area (Å²) in [4.78, 5) is 7.18. The lowest BCUT2D eigenvalue weighted by atomic mass is 10.0. The van der Waals surface area contributed by atoms with Gasteiger partial charge in [0.05, 0.1) is 17.9 Å². The zero-order valence-electron chi connectivity index (χ0n) is 18.1. The Balaban J connectivity index is 1.34. The second-order valence-corrected chi connectivity index (χ2v) is 9.29. The average molecular weight is 432 g/mol. The van der Waals surface area contributed by atoms with Gasteiger partial charge in [-0.05, 0) is 48.7 Å². The molecule has 0 aliphatic carbocycles. The van der Waals surface area contributed by atoms with Crippen LogP contribution in [-0.2, 0) is 6.54 Å². The van der Waals surface area contributed by atoms with Crippen LogP contribution in [0, 0.1) is 17.1 Å². The number of rotatable bonds is 2. The van der Waals surface area contributed by atoms with Crippen molar-refractivity contribution in [1.29, 1.82) is 5.26 Å². The molecule has 2 N–H and O–H groups in total. The maximum absolute atomic E-state index is 14.7. The van der Waals surface area contributed by atoms with Crippen LogP contribution in [0.4, 0.5) is 15.8 Å². The zero-order chi connectivity index (χ0) is 22.0. The molecule has 3 unspecified atom stereocenters. The maximum atomic E-state index is 14.7. The highest BCUT2D eigenvalue weighted by Crippen LogP contribution is 2.42. The first kappa shape index (κ1) is 19.5. The lowest BCUT2D eigenvalue weighted by Gasteiger charge is -2.43. The Bertz CT molecular complexity index is 1250. The van der Waals surface area contributed by atoms with E-state index < -0.39 is 5.82 Å². The van der Waals surface area contributed by atoms with E-state index in [0.29, 0.717) is 17.3 Å². The number of hydrogen-bond donors (Lipinski definition) is 1. The van der Waals surface area contributed by atoms with E-state index in [4.69, 9.17) is 5.73 Å². The molecule has 2 aromatic heterocycles. The van der Waals surface area contributed by atoms with Crippen molar-refractivity contribution in [3.8, 4) is 6.07 Å². The predicted molar refractivity (Wildman–Crippen MR) is 121 cm³/mol. The quantitative estimate of drug-likeness (QED) is 0.672. The van der Waals surface area contributed by atoms with E-state index in [1.807, 2.05) is 6.07 Å². The summed E-state index contributed by atoms with van der Waals surface area (Å²) in [5.74, 6) is -0.396. The monoisotopic (exact) mass is 431 g/mol. The summed E-state index contributed by atoms with van der Waals surface area (Å²) in [5.41, 5.74) is 11.6. The Morgan fingerprint density at radius 1 is 1.16 bits per heavy atom. The van der Waals surface area contributed by atoms with E-state index in [1.54, 1.807) is 6.07 Å². The Kier molecular flexibility index (Phi) is 4.39. The highest BCUT2D eigenvalue weighted by atomic mass is 19.1. The van der Waals surface area contributed by atoms with Gasteiger partial charge < -0.3 is 15.5 Å². The van der Waals surface area contributed by atoms with Crippen molar-refractivity contribution in [2.24, 2.45) is 5.73 Å². The van der Waals surface area contributed by atoms with Gasteiger partial charge in [0.15, 0.2) is 5.82 Å². The Hall–Kier alpha value is -3.15. The third-order valence-electron chi connectivity index (χ3n) is 7.32. The van der Waals surface area contributed by atoms with E-state index in [1.165, 1.54) is 27.5 Å². The average Bonchev–Trinajstić information content (AvgIpc) is 3.50. The lowest BCUT2D eigenvalue weighted by Crippen LogP contribution is -2.51.